The van der Waals surface area contributed by atoms with Crippen LogP contribution in [-0.2, 0) is 4.74 Å². The number of hydrogen-bond donors (Lipinski definition) is 1. The van der Waals surface area contributed by atoms with Crippen molar-refractivity contribution in [1.82, 2.24) is 5.32 Å². The van der Waals surface area contributed by atoms with Crippen molar-refractivity contribution in [2.24, 2.45) is 17.8 Å². The summed E-state index contributed by atoms with van der Waals surface area (Å²) in [4.78, 5) is 0. The highest BCUT2D eigenvalue weighted by atomic mass is 16.5. The van der Waals surface area contributed by atoms with Crippen molar-refractivity contribution in [1.29, 1.82) is 0 Å². The molecule has 0 aromatic heterocycles. The van der Waals surface area contributed by atoms with Gasteiger partial charge in [-0.25, -0.2) is 0 Å². The second kappa shape index (κ2) is 3.46. The molecule has 15 heavy (non-hydrogen) atoms. The van der Waals surface area contributed by atoms with Crippen molar-refractivity contribution < 1.29 is 4.74 Å². The average molecular weight is 209 g/mol. The van der Waals surface area contributed by atoms with Crippen molar-refractivity contribution in [3.8, 4) is 0 Å². The predicted molar refractivity (Wildman–Crippen MR) is 60.8 cm³/mol. The zero-order valence-electron chi connectivity index (χ0n) is 9.96. The average Bonchev–Trinajstić information content (AvgIpc) is 2.72. The summed E-state index contributed by atoms with van der Waals surface area (Å²) >= 11 is 0. The van der Waals surface area contributed by atoms with Gasteiger partial charge in [-0.15, -0.1) is 0 Å². The van der Waals surface area contributed by atoms with Crippen LogP contribution in [-0.4, -0.2) is 24.8 Å². The molecule has 86 valence electrons. The Morgan fingerprint density at radius 2 is 2.33 bits per heavy atom. The molecular weight excluding hydrogens is 186 g/mol. The summed E-state index contributed by atoms with van der Waals surface area (Å²) in [6.45, 7) is 6.80. The first-order chi connectivity index (χ1) is 7.21. The Kier molecular flexibility index (Phi) is 2.33. The fourth-order valence-corrected chi connectivity index (χ4v) is 4.02. The van der Waals surface area contributed by atoms with Gasteiger partial charge in [0.05, 0.1) is 12.2 Å². The lowest BCUT2D eigenvalue weighted by Gasteiger charge is -2.52. The predicted octanol–water partition coefficient (Wildman–Crippen LogP) is 2.19. The molecule has 1 spiro atoms. The van der Waals surface area contributed by atoms with E-state index < -0.39 is 0 Å². The molecule has 2 aliphatic carbocycles. The summed E-state index contributed by atoms with van der Waals surface area (Å²) in [5.41, 5.74) is 0.331. The van der Waals surface area contributed by atoms with E-state index in [0.29, 0.717) is 5.60 Å². The molecule has 2 saturated carbocycles. The molecule has 0 aromatic rings. The molecule has 4 rings (SSSR count). The minimum Gasteiger partial charge on any atom is -0.374 e. The first kappa shape index (κ1) is 10.1. The lowest BCUT2D eigenvalue weighted by Crippen LogP contribution is -2.60. The molecule has 0 aromatic carbocycles. The first-order valence-corrected chi connectivity index (χ1v) is 6.59. The number of hydrogen-bond acceptors (Lipinski definition) is 2. The van der Waals surface area contributed by atoms with Gasteiger partial charge in [-0.3, -0.25) is 0 Å². The molecule has 1 N–H and O–H groups in total. The molecule has 2 heteroatoms. The second-order valence-electron chi connectivity index (χ2n) is 6.17. The first-order valence-electron chi connectivity index (χ1n) is 6.59. The van der Waals surface area contributed by atoms with E-state index in [1.54, 1.807) is 0 Å². The van der Waals surface area contributed by atoms with Crippen LogP contribution in [0.5, 0.6) is 0 Å². The van der Waals surface area contributed by atoms with E-state index in [1.807, 2.05) is 0 Å². The topological polar surface area (TPSA) is 21.3 Å². The molecule has 2 heterocycles. The van der Waals surface area contributed by atoms with Crippen molar-refractivity contribution in [3.05, 3.63) is 0 Å². The van der Waals surface area contributed by atoms with Crippen LogP contribution < -0.4 is 5.32 Å². The molecule has 0 radical (unpaired) electrons. The largest absolute Gasteiger partial charge is 0.374 e. The third-order valence-electron chi connectivity index (χ3n) is 4.64. The van der Waals surface area contributed by atoms with E-state index in [2.05, 4.69) is 19.2 Å². The number of ether oxygens (including phenoxy) is 1. The van der Waals surface area contributed by atoms with Gasteiger partial charge in [0, 0.05) is 12.0 Å². The minimum absolute atomic E-state index is 0.331. The Morgan fingerprint density at radius 1 is 1.47 bits per heavy atom. The molecular formula is C13H23NO. The van der Waals surface area contributed by atoms with Crippen LogP contribution in [0.15, 0.2) is 0 Å². The second-order valence-corrected chi connectivity index (χ2v) is 6.17. The maximum atomic E-state index is 6.02. The van der Waals surface area contributed by atoms with Crippen LogP contribution in [0.1, 0.15) is 39.5 Å². The van der Waals surface area contributed by atoms with E-state index in [4.69, 9.17) is 4.74 Å². The molecule has 2 nitrogen and oxygen atoms in total. The standard InChI is InChI=1S/C13H23NO/c1-9(2)7-14-11-4-3-5-13-6-10(8-15-13)12(11)13/h9-12,14H,3-8H2,1-2H3. The molecule has 4 aliphatic rings. The van der Waals surface area contributed by atoms with E-state index in [-0.39, 0.29) is 0 Å². The van der Waals surface area contributed by atoms with Crippen LogP contribution in [0.3, 0.4) is 0 Å². The van der Waals surface area contributed by atoms with Gasteiger partial charge in [-0.2, -0.15) is 0 Å². The fraction of sp³-hybridized carbons (Fsp3) is 1.00. The quantitative estimate of drug-likeness (QED) is 0.769. The maximum Gasteiger partial charge on any atom is 0.0732 e. The Labute approximate surface area is 92.8 Å². The van der Waals surface area contributed by atoms with Crippen LogP contribution in [0.2, 0.25) is 0 Å². The van der Waals surface area contributed by atoms with Gasteiger partial charge in [-0.05, 0) is 44.1 Å². The van der Waals surface area contributed by atoms with Crippen LogP contribution >= 0.6 is 0 Å². The highest BCUT2D eigenvalue weighted by Crippen LogP contribution is 2.60. The SMILES string of the molecule is CC(C)CNC1CCCC23CC(CO2)C13. The van der Waals surface area contributed by atoms with Crippen molar-refractivity contribution in [2.45, 2.75) is 51.2 Å². The van der Waals surface area contributed by atoms with E-state index in [1.165, 1.54) is 32.2 Å². The highest BCUT2D eigenvalue weighted by molar-refractivity contribution is 5.14. The Balaban J connectivity index is 1.64. The lowest BCUT2D eigenvalue weighted by molar-refractivity contribution is -0.0930. The van der Waals surface area contributed by atoms with Crippen LogP contribution in [0.25, 0.3) is 0 Å². The number of nitrogens with one attached hydrogen (secondary N) is 1. The summed E-state index contributed by atoms with van der Waals surface area (Å²) in [5.74, 6) is 2.50. The highest BCUT2D eigenvalue weighted by Gasteiger charge is 2.63. The monoisotopic (exact) mass is 209 g/mol. The van der Waals surface area contributed by atoms with Gasteiger partial charge in [0.15, 0.2) is 0 Å². The van der Waals surface area contributed by atoms with Gasteiger partial charge in [-0.1, -0.05) is 13.8 Å². The molecule has 2 bridgehead atoms. The number of fused-ring (bicyclic) bond motifs is 1. The van der Waals surface area contributed by atoms with Crippen LogP contribution in [0, 0.1) is 17.8 Å². The zero-order valence-corrected chi connectivity index (χ0v) is 9.96. The van der Waals surface area contributed by atoms with Crippen molar-refractivity contribution in [3.63, 3.8) is 0 Å². The Bertz CT molecular complexity index is 249. The minimum atomic E-state index is 0.331. The zero-order chi connectivity index (χ0) is 10.5. The summed E-state index contributed by atoms with van der Waals surface area (Å²) in [7, 11) is 0. The maximum absolute atomic E-state index is 6.02. The molecule has 4 fully saturated rings. The smallest absolute Gasteiger partial charge is 0.0732 e. The Morgan fingerprint density at radius 3 is 3.07 bits per heavy atom. The van der Waals surface area contributed by atoms with Crippen molar-refractivity contribution in [2.75, 3.05) is 13.2 Å². The van der Waals surface area contributed by atoms with E-state index in [0.717, 1.165) is 30.4 Å². The summed E-state index contributed by atoms with van der Waals surface area (Å²) < 4.78 is 6.02. The molecule has 2 saturated heterocycles. The third kappa shape index (κ3) is 1.45. The van der Waals surface area contributed by atoms with Crippen molar-refractivity contribution >= 4 is 0 Å². The normalized spacial score (nSPS) is 47.8. The molecule has 0 amide bonds. The van der Waals surface area contributed by atoms with Gasteiger partial charge >= 0.3 is 0 Å². The molecule has 4 unspecified atom stereocenters. The van der Waals surface area contributed by atoms with E-state index >= 15 is 0 Å². The Hall–Kier alpha value is -0.0800. The van der Waals surface area contributed by atoms with Gasteiger partial charge in [0.2, 0.25) is 0 Å². The summed E-state index contributed by atoms with van der Waals surface area (Å²) in [6, 6.07) is 0.752. The summed E-state index contributed by atoms with van der Waals surface area (Å²) in [6.07, 6.45) is 5.42. The van der Waals surface area contributed by atoms with E-state index in [9.17, 15) is 0 Å². The lowest BCUT2D eigenvalue weighted by atomic mass is 9.56. The summed E-state index contributed by atoms with van der Waals surface area (Å²) in [5, 5.41) is 3.77. The number of rotatable bonds is 3. The fourth-order valence-electron chi connectivity index (χ4n) is 4.02. The molecule has 2 aliphatic heterocycles. The molecule has 4 atom stereocenters. The van der Waals surface area contributed by atoms with Gasteiger partial charge < -0.3 is 10.1 Å². The van der Waals surface area contributed by atoms with Gasteiger partial charge in [0.25, 0.3) is 0 Å². The van der Waals surface area contributed by atoms with Gasteiger partial charge in [0.1, 0.15) is 0 Å². The van der Waals surface area contributed by atoms with Crippen LogP contribution in [0.4, 0.5) is 0 Å². The third-order valence-corrected chi connectivity index (χ3v) is 4.64.